The summed E-state index contributed by atoms with van der Waals surface area (Å²) < 4.78 is 38.1. The van der Waals surface area contributed by atoms with Crippen LogP contribution in [0.1, 0.15) is 19.4 Å². The topological polar surface area (TPSA) is 211 Å². The molecular formula is C29H38N2O13. The predicted molar refractivity (Wildman–Crippen MR) is 153 cm³/mol. The van der Waals surface area contributed by atoms with Gasteiger partial charge in [-0.3, -0.25) is 0 Å². The van der Waals surface area contributed by atoms with E-state index in [2.05, 4.69) is 5.32 Å². The van der Waals surface area contributed by atoms with Crippen LogP contribution in [0, 0.1) is 0 Å². The average molecular weight is 623 g/mol. The summed E-state index contributed by atoms with van der Waals surface area (Å²) in [5, 5.41) is 23.4. The van der Waals surface area contributed by atoms with Crippen LogP contribution >= 0.6 is 0 Å². The van der Waals surface area contributed by atoms with E-state index in [0.717, 1.165) is 7.11 Å². The van der Waals surface area contributed by atoms with Gasteiger partial charge in [0.05, 0.1) is 89.3 Å². The lowest BCUT2D eigenvalue weighted by molar-refractivity contribution is -0.140. The number of hydrogen-bond donors (Lipinski definition) is 4. The summed E-state index contributed by atoms with van der Waals surface area (Å²) in [7, 11) is 4.93. The molecule has 0 amide bonds. The van der Waals surface area contributed by atoms with Gasteiger partial charge in [0.15, 0.2) is 11.5 Å². The first-order chi connectivity index (χ1) is 21.0. The van der Waals surface area contributed by atoms with Gasteiger partial charge in [-0.1, -0.05) is 0 Å². The number of benzene rings is 1. The molecule has 0 radical (unpaired) electrons. The smallest absolute Gasteiger partial charge is 0.337 e. The summed E-state index contributed by atoms with van der Waals surface area (Å²) >= 11 is 0. The number of allylic oxidation sites excluding steroid dienone is 1. The predicted octanol–water partition coefficient (Wildman–Crippen LogP) is 0.905. The number of carboxylic acids is 2. The van der Waals surface area contributed by atoms with Crippen LogP contribution in [-0.4, -0.2) is 102 Å². The third-order valence-corrected chi connectivity index (χ3v) is 6.53. The number of carboxylic acid groups (broad SMARTS) is 2. The number of carbonyl (C=O) groups excluding carboxylic acids is 2. The molecular weight excluding hydrogens is 584 g/mol. The molecule has 0 spiro atoms. The van der Waals surface area contributed by atoms with Gasteiger partial charge in [-0.05, 0) is 26.0 Å². The van der Waals surface area contributed by atoms with Gasteiger partial charge in [-0.15, -0.1) is 0 Å². The van der Waals surface area contributed by atoms with Crippen molar-refractivity contribution in [2.75, 3.05) is 68.0 Å². The number of ether oxygens (including phenoxy) is 7. The Morgan fingerprint density at radius 3 is 2.09 bits per heavy atom. The van der Waals surface area contributed by atoms with Crippen LogP contribution < -0.4 is 25.3 Å². The second kappa shape index (κ2) is 16.3. The molecule has 0 aromatic heterocycles. The molecule has 2 rings (SSSR count). The second-order valence-electron chi connectivity index (χ2n) is 8.98. The van der Waals surface area contributed by atoms with Crippen LogP contribution in [0.3, 0.4) is 0 Å². The highest BCUT2D eigenvalue weighted by molar-refractivity contribution is 6.10. The summed E-state index contributed by atoms with van der Waals surface area (Å²) in [5.41, 5.74) is 0.934. The van der Waals surface area contributed by atoms with Gasteiger partial charge in [-0.25, -0.2) is 19.2 Å². The van der Waals surface area contributed by atoms with Crippen LogP contribution in [0.25, 0.3) is 0 Å². The van der Waals surface area contributed by atoms with E-state index in [-0.39, 0.29) is 67.2 Å². The number of nitrogens with two attached hydrogens (primary N) is 1. The van der Waals surface area contributed by atoms with Crippen molar-refractivity contribution in [1.82, 2.24) is 5.32 Å². The molecule has 0 saturated heterocycles. The van der Waals surface area contributed by atoms with Gasteiger partial charge in [0.25, 0.3) is 0 Å². The summed E-state index contributed by atoms with van der Waals surface area (Å²) in [6.07, 6.45) is 0.387. The number of aliphatic carboxylic acids is 2. The molecule has 15 heteroatoms. The first-order valence-corrected chi connectivity index (χ1v) is 13.3. The van der Waals surface area contributed by atoms with Gasteiger partial charge in [-0.2, -0.15) is 0 Å². The molecule has 1 unspecified atom stereocenters. The van der Waals surface area contributed by atoms with E-state index < -0.39 is 46.0 Å². The first-order valence-electron chi connectivity index (χ1n) is 13.3. The number of rotatable bonds is 17. The van der Waals surface area contributed by atoms with E-state index in [1.807, 2.05) is 0 Å². The Morgan fingerprint density at radius 2 is 1.57 bits per heavy atom. The number of nitrogens with one attached hydrogen (secondary N) is 1. The van der Waals surface area contributed by atoms with E-state index in [4.69, 9.17) is 38.9 Å². The highest BCUT2D eigenvalue weighted by atomic mass is 16.5. The van der Waals surface area contributed by atoms with Crippen molar-refractivity contribution in [3.63, 3.8) is 0 Å². The van der Waals surface area contributed by atoms with Crippen molar-refractivity contribution in [2.24, 2.45) is 5.73 Å². The van der Waals surface area contributed by atoms with Crippen molar-refractivity contribution in [3.8, 4) is 17.2 Å². The summed E-state index contributed by atoms with van der Waals surface area (Å²) in [4.78, 5) is 52.9. The molecule has 0 aliphatic carbocycles. The molecule has 5 N–H and O–H groups in total. The van der Waals surface area contributed by atoms with Crippen LogP contribution in [0.5, 0.6) is 17.2 Å². The van der Waals surface area contributed by atoms with Crippen LogP contribution in [-0.2, 0) is 43.5 Å². The fourth-order valence-electron chi connectivity index (χ4n) is 4.99. The van der Waals surface area contributed by atoms with E-state index in [1.165, 1.54) is 47.3 Å². The third-order valence-electron chi connectivity index (χ3n) is 6.53. The Bertz CT molecular complexity index is 1350. The van der Waals surface area contributed by atoms with Gasteiger partial charge < -0.3 is 54.4 Å². The number of methoxy groups -OCH3 is 4. The van der Waals surface area contributed by atoms with Gasteiger partial charge in [0.1, 0.15) is 0 Å². The zero-order chi connectivity index (χ0) is 33.0. The quantitative estimate of drug-likeness (QED) is 0.108. The van der Waals surface area contributed by atoms with Gasteiger partial charge >= 0.3 is 23.9 Å². The summed E-state index contributed by atoms with van der Waals surface area (Å²) in [6.45, 7) is 3.21. The Hall–Kier alpha value is -4.60. The van der Waals surface area contributed by atoms with Crippen LogP contribution in [0.2, 0.25) is 0 Å². The second-order valence-corrected chi connectivity index (χ2v) is 8.98. The monoisotopic (exact) mass is 622 g/mol. The fraction of sp³-hybridized carbons (Fsp3) is 0.448. The van der Waals surface area contributed by atoms with Gasteiger partial charge in [0, 0.05) is 23.9 Å². The third kappa shape index (κ3) is 7.12. The highest BCUT2D eigenvalue weighted by Crippen LogP contribution is 2.56. The maximum atomic E-state index is 14.0. The Labute approximate surface area is 254 Å². The zero-order valence-corrected chi connectivity index (χ0v) is 25.4. The number of dihydropyridines is 1. The Kier molecular flexibility index (Phi) is 13.2. The van der Waals surface area contributed by atoms with Crippen molar-refractivity contribution < 1.29 is 62.5 Å². The maximum Gasteiger partial charge on any atom is 0.337 e. The van der Waals surface area contributed by atoms with E-state index in [9.17, 15) is 29.4 Å². The molecule has 1 atom stereocenters. The molecule has 1 aromatic rings. The van der Waals surface area contributed by atoms with E-state index >= 15 is 0 Å². The molecule has 1 heterocycles. The van der Waals surface area contributed by atoms with E-state index in [0.29, 0.717) is 12.6 Å². The lowest BCUT2D eigenvalue weighted by atomic mass is 9.60. The number of esters is 2. The molecule has 0 bridgehead atoms. The van der Waals surface area contributed by atoms with Crippen molar-refractivity contribution in [3.05, 3.63) is 51.9 Å². The molecule has 15 nitrogen and oxygen atoms in total. The summed E-state index contributed by atoms with van der Waals surface area (Å²) in [6, 6.07) is 2.72. The molecule has 0 fully saturated rings. The molecule has 242 valence electrons. The van der Waals surface area contributed by atoms with E-state index in [1.54, 1.807) is 0 Å². The Morgan fingerprint density at radius 1 is 0.909 bits per heavy atom. The molecule has 1 aromatic carbocycles. The minimum absolute atomic E-state index is 0.0252. The summed E-state index contributed by atoms with van der Waals surface area (Å²) in [5.74, 6) is -5.68. The maximum absolute atomic E-state index is 14.0. The number of hydrogen-bond acceptors (Lipinski definition) is 13. The molecule has 0 saturated carbocycles. The van der Waals surface area contributed by atoms with Crippen LogP contribution in [0.15, 0.2) is 46.3 Å². The normalized spacial score (nSPS) is 16.7. The van der Waals surface area contributed by atoms with Gasteiger partial charge in [0.2, 0.25) is 5.75 Å². The Balaban J connectivity index is 3.26. The minimum atomic E-state index is -2.53. The highest BCUT2D eigenvalue weighted by Gasteiger charge is 2.58. The van der Waals surface area contributed by atoms with Crippen molar-refractivity contribution in [1.29, 1.82) is 0 Å². The lowest BCUT2D eigenvalue weighted by Gasteiger charge is -2.43. The first kappa shape index (κ1) is 35.6. The average Bonchev–Trinajstić information content (AvgIpc) is 2.99. The molecule has 1 aliphatic rings. The van der Waals surface area contributed by atoms with Crippen molar-refractivity contribution >= 4 is 23.9 Å². The molecule has 44 heavy (non-hydrogen) atoms. The zero-order valence-electron chi connectivity index (χ0n) is 25.4. The van der Waals surface area contributed by atoms with Crippen LogP contribution in [0.4, 0.5) is 0 Å². The fourth-order valence-corrected chi connectivity index (χ4v) is 4.99. The standard InChI is InChI=1S/C29H38N2O13/c1-7-44-28(37)23-19(15-43-13-12-42-11-10-30)31-16(2)22(27(36)41-6)29(23,18(26(34)35)14-21(32)33)17-8-9-20(38-3)25(40-5)24(17)39-4/h8-9,14,31H,7,10-13,15,30H2,1-6H3,(H,32,33)(H,34,35)/b18-14+. The minimum Gasteiger partial charge on any atom is -0.493 e. The number of carbonyl (C=O) groups is 4. The molecule has 1 aliphatic heterocycles. The lowest BCUT2D eigenvalue weighted by Crippen LogP contribution is -2.49. The largest absolute Gasteiger partial charge is 0.493 e. The SMILES string of the molecule is CCOC(=O)C1=C(COCCOCCN)NC(C)=C(C(=O)OC)C1(/C(=C/C(=O)O)C(=O)O)c1ccc(OC)c(OC)c1OC. The van der Waals surface area contributed by atoms with Crippen molar-refractivity contribution in [2.45, 2.75) is 19.3 Å².